The van der Waals surface area contributed by atoms with Crippen molar-refractivity contribution in [2.24, 2.45) is 0 Å². The van der Waals surface area contributed by atoms with Gasteiger partial charge in [0, 0.05) is 30.9 Å². The Balaban J connectivity index is 1.43. The number of nitrogens with zero attached hydrogens (tertiary/aromatic N) is 5. The van der Waals surface area contributed by atoms with E-state index in [9.17, 15) is 4.79 Å². The number of nitrogens with two attached hydrogens (primary N) is 1. The van der Waals surface area contributed by atoms with E-state index in [1.54, 1.807) is 4.52 Å². The summed E-state index contributed by atoms with van der Waals surface area (Å²) in [6, 6.07) is 10.4. The van der Waals surface area contributed by atoms with Crippen LogP contribution in [0.3, 0.4) is 0 Å². The maximum Gasteiger partial charge on any atom is 0.254 e. The third-order valence-corrected chi connectivity index (χ3v) is 5.36. The summed E-state index contributed by atoms with van der Waals surface area (Å²) in [4.78, 5) is 23.2. The molecule has 0 saturated carbocycles. The van der Waals surface area contributed by atoms with Gasteiger partial charge < -0.3 is 10.6 Å². The van der Waals surface area contributed by atoms with Gasteiger partial charge in [0.1, 0.15) is 0 Å². The number of carbonyl (C=O) groups is 1. The molecule has 1 aliphatic heterocycles. The molecule has 7 heteroatoms. The fourth-order valence-corrected chi connectivity index (χ4v) is 3.79. The van der Waals surface area contributed by atoms with Crippen LogP contribution in [0.15, 0.2) is 36.4 Å². The average Bonchev–Trinajstić information content (AvgIpc) is 3.09. The Morgan fingerprint density at radius 3 is 2.68 bits per heavy atom. The van der Waals surface area contributed by atoms with Crippen LogP contribution in [0.2, 0.25) is 0 Å². The number of hydrogen-bond donors (Lipinski definition) is 1. The predicted octanol–water partition coefficient (Wildman–Crippen LogP) is 2.57. The Morgan fingerprint density at radius 2 is 1.96 bits per heavy atom. The van der Waals surface area contributed by atoms with E-state index in [4.69, 9.17) is 5.73 Å². The number of rotatable bonds is 4. The van der Waals surface area contributed by atoms with Crippen molar-refractivity contribution in [2.75, 3.05) is 18.8 Å². The summed E-state index contributed by atoms with van der Waals surface area (Å²) in [7, 11) is 0. The maximum absolute atomic E-state index is 12.7. The van der Waals surface area contributed by atoms with Crippen LogP contribution in [0.25, 0.3) is 11.4 Å². The summed E-state index contributed by atoms with van der Waals surface area (Å²) in [5.41, 5.74) is 11.1. The zero-order valence-electron chi connectivity index (χ0n) is 16.2. The van der Waals surface area contributed by atoms with Crippen molar-refractivity contribution in [3.8, 4) is 0 Å². The van der Waals surface area contributed by atoms with E-state index < -0.39 is 0 Å². The van der Waals surface area contributed by atoms with Gasteiger partial charge in [0.25, 0.3) is 5.78 Å². The van der Waals surface area contributed by atoms with Crippen molar-refractivity contribution in [1.82, 2.24) is 24.5 Å². The van der Waals surface area contributed by atoms with Gasteiger partial charge in [-0.25, -0.2) is 4.98 Å². The van der Waals surface area contributed by atoms with Crippen LogP contribution >= 0.6 is 0 Å². The van der Waals surface area contributed by atoms with E-state index in [2.05, 4.69) is 33.3 Å². The number of anilines is 1. The third-order valence-electron chi connectivity index (χ3n) is 5.36. The lowest BCUT2D eigenvalue weighted by Gasteiger charge is -2.27. The van der Waals surface area contributed by atoms with E-state index in [1.165, 1.54) is 11.1 Å². The van der Waals surface area contributed by atoms with Crippen molar-refractivity contribution in [3.63, 3.8) is 0 Å². The summed E-state index contributed by atoms with van der Waals surface area (Å²) in [6.45, 7) is 5.32. The normalized spacial score (nSPS) is 14.4. The Morgan fingerprint density at radius 1 is 1.18 bits per heavy atom. The van der Waals surface area contributed by atoms with Gasteiger partial charge in [0.2, 0.25) is 11.9 Å². The van der Waals surface area contributed by atoms with Gasteiger partial charge in [-0.1, -0.05) is 36.4 Å². The minimum atomic E-state index is 0.167. The molecule has 1 aliphatic rings. The Kier molecular flexibility index (Phi) is 4.81. The lowest BCUT2D eigenvalue weighted by molar-refractivity contribution is -0.130. The molecule has 3 aromatic rings. The van der Waals surface area contributed by atoms with E-state index in [0.717, 1.165) is 29.9 Å². The quantitative estimate of drug-likeness (QED) is 0.756. The van der Waals surface area contributed by atoms with Crippen LogP contribution in [-0.4, -0.2) is 43.5 Å². The number of amides is 1. The minimum Gasteiger partial charge on any atom is -0.366 e. The number of hydrogen-bond acceptors (Lipinski definition) is 5. The first-order valence-corrected chi connectivity index (χ1v) is 9.53. The molecule has 7 nitrogen and oxygen atoms in total. The molecule has 0 bridgehead atoms. The Labute approximate surface area is 163 Å². The molecule has 28 heavy (non-hydrogen) atoms. The molecule has 0 unspecified atom stereocenters. The number of fused-ring (bicyclic) bond motifs is 1. The Hall–Kier alpha value is -3.22. The second kappa shape index (κ2) is 7.42. The lowest BCUT2D eigenvalue weighted by Crippen LogP contribution is -2.34. The molecule has 1 amide bonds. The first-order valence-electron chi connectivity index (χ1n) is 9.53. The molecule has 0 fully saturated rings. The van der Waals surface area contributed by atoms with Crippen LogP contribution in [0.5, 0.6) is 0 Å². The van der Waals surface area contributed by atoms with Crippen LogP contribution in [0.4, 0.5) is 5.95 Å². The standard InChI is InChI=1S/C21H24N6O/c1-14-18(15(2)27-21(23-14)24-20(22)25-27)8-9-19(28)26-12-10-17(11-13-26)16-6-4-3-5-7-16/h3-7,10H,8-9,11-13H2,1-2H3,(H2,22,25). The van der Waals surface area contributed by atoms with Crippen molar-refractivity contribution in [2.45, 2.75) is 33.1 Å². The van der Waals surface area contributed by atoms with Crippen LogP contribution < -0.4 is 5.73 Å². The smallest absolute Gasteiger partial charge is 0.254 e. The number of carbonyl (C=O) groups excluding carboxylic acids is 1. The number of nitrogen functional groups attached to an aromatic ring is 1. The van der Waals surface area contributed by atoms with Crippen molar-refractivity contribution >= 4 is 23.2 Å². The SMILES string of the molecule is Cc1nc2nc(N)nn2c(C)c1CCC(=O)N1CC=C(c2ccccc2)CC1. The van der Waals surface area contributed by atoms with Gasteiger partial charge in [-0.2, -0.15) is 9.50 Å². The molecule has 0 atom stereocenters. The second-order valence-electron chi connectivity index (χ2n) is 7.13. The summed E-state index contributed by atoms with van der Waals surface area (Å²) < 4.78 is 1.65. The van der Waals surface area contributed by atoms with Gasteiger partial charge in [-0.3, -0.25) is 4.79 Å². The maximum atomic E-state index is 12.7. The lowest BCUT2D eigenvalue weighted by atomic mass is 9.99. The van der Waals surface area contributed by atoms with Crippen molar-refractivity contribution in [3.05, 3.63) is 58.9 Å². The summed E-state index contributed by atoms with van der Waals surface area (Å²) in [5.74, 6) is 0.870. The second-order valence-corrected chi connectivity index (χ2v) is 7.13. The van der Waals surface area contributed by atoms with Crippen molar-refractivity contribution < 1.29 is 4.79 Å². The van der Waals surface area contributed by atoms with E-state index in [1.807, 2.05) is 36.9 Å². The highest BCUT2D eigenvalue weighted by Gasteiger charge is 2.19. The number of benzene rings is 1. The fourth-order valence-electron chi connectivity index (χ4n) is 3.79. The zero-order valence-corrected chi connectivity index (χ0v) is 16.2. The van der Waals surface area contributed by atoms with Crippen LogP contribution in [-0.2, 0) is 11.2 Å². The van der Waals surface area contributed by atoms with Gasteiger partial charge in [0.05, 0.1) is 0 Å². The molecular formula is C21H24N6O. The van der Waals surface area contributed by atoms with Crippen LogP contribution in [0.1, 0.15) is 35.4 Å². The van der Waals surface area contributed by atoms with Gasteiger partial charge in [0.15, 0.2) is 0 Å². The monoisotopic (exact) mass is 376 g/mol. The first-order chi connectivity index (χ1) is 13.5. The topological polar surface area (TPSA) is 89.4 Å². The summed E-state index contributed by atoms with van der Waals surface area (Å²) in [6.07, 6.45) is 4.14. The Bertz CT molecular complexity index is 1050. The molecule has 144 valence electrons. The highest BCUT2D eigenvalue weighted by molar-refractivity contribution is 5.78. The van der Waals surface area contributed by atoms with E-state index in [0.29, 0.717) is 25.2 Å². The summed E-state index contributed by atoms with van der Waals surface area (Å²) >= 11 is 0. The van der Waals surface area contributed by atoms with Gasteiger partial charge >= 0.3 is 0 Å². The molecular weight excluding hydrogens is 352 g/mol. The highest BCUT2D eigenvalue weighted by atomic mass is 16.2. The third kappa shape index (κ3) is 3.47. The largest absolute Gasteiger partial charge is 0.366 e. The molecule has 0 radical (unpaired) electrons. The molecule has 2 N–H and O–H groups in total. The van der Waals surface area contributed by atoms with E-state index >= 15 is 0 Å². The highest BCUT2D eigenvalue weighted by Crippen LogP contribution is 2.23. The average molecular weight is 376 g/mol. The minimum absolute atomic E-state index is 0.167. The zero-order chi connectivity index (χ0) is 19.7. The molecule has 4 rings (SSSR count). The van der Waals surface area contributed by atoms with Gasteiger partial charge in [-0.15, -0.1) is 5.10 Å². The molecule has 0 aliphatic carbocycles. The summed E-state index contributed by atoms with van der Waals surface area (Å²) in [5, 5.41) is 4.19. The van der Waals surface area contributed by atoms with Crippen LogP contribution in [0, 0.1) is 13.8 Å². The fraction of sp³-hybridized carbons (Fsp3) is 0.333. The number of aromatic nitrogens is 4. The molecule has 1 aromatic carbocycles. The molecule has 0 saturated heterocycles. The predicted molar refractivity (Wildman–Crippen MR) is 109 cm³/mol. The number of aryl methyl sites for hydroxylation is 2. The van der Waals surface area contributed by atoms with E-state index in [-0.39, 0.29) is 11.9 Å². The first kappa shape index (κ1) is 18.2. The molecule has 2 aromatic heterocycles. The van der Waals surface area contributed by atoms with Crippen molar-refractivity contribution in [1.29, 1.82) is 0 Å². The van der Waals surface area contributed by atoms with Gasteiger partial charge in [-0.05, 0) is 43.4 Å². The molecule has 0 spiro atoms. The molecule has 3 heterocycles.